The summed E-state index contributed by atoms with van der Waals surface area (Å²) in [7, 11) is 0. The topological polar surface area (TPSA) is 55.1 Å². The van der Waals surface area contributed by atoms with Gasteiger partial charge in [0.15, 0.2) is 0 Å². The molecular weight excluding hydrogens is 296 g/mol. The number of carbonyl (C=O) groups is 1. The van der Waals surface area contributed by atoms with Gasteiger partial charge in [-0.05, 0) is 18.1 Å². The van der Waals surface area contributed by atoms with E-state index in [0.717, 1.165) is 5.56 Å². The molecule has 0 heterocycles. The first-order chi connectivity index (χ1) is 11.3. The Hall–Kier alpha value is -2.13. The molecule has 3 heteroatoms. The number of carbonyl (C=O) groups excluding carboxylic acids is 1. The maximum absolute atomic E-state index is 12.5. The Kier molecular flexibility index (Phi) is 5.79. The summed E-state index contributed by atoms with van der Waals surface area (Å²) in [4.78, 5) is 12.5. The lowest BCUT2D eigenvalue weighted by Gasteiger charge is -2.28. The molecule has 0 bridgehead atoms. The number of aryl methyl sites for hydroxylation is 1. The van der Waals surface area contributed by atoms with Crippen LogP contribution in [0.15, 0.2) is 54.6 Å². The summed E-state index contributed by atoms with van der Waals surface area (Å²) in [6, 6.07) is 17.9. The van der Waals surface area contributed by atoms with E-state index >= 15 is 0 Å². The lowest BCUT2D eigenvalue weighted by atomic mass is 9.83. The third-order valence-corrected chi connectivity index (χ3v) is 4.64. The number of nitrogens with one attached hydrogen (secondary N) is 1. The second-order valence-electron chi connectivity index (χ2n) is 7.20. The summed E-state index contributed by atoms with van der Waals surface area (Å²) in [5.41, 5.74) is 9.56. The van der Waals surface area contributed by atoms with Crippen LogP contribution in [-0.2, 0) is 10.2 Å². The van der Waals surface area contributed by atoms with Crippen molar-refractivity contribution in [3.05, 3.63) is 71.3 Å². The molecule has 0 fully saturated rings. The Balaban J connectivity index is 1.99. The van der Waals surface area contributed by atoms with Crippen LogP contribution in [0.1, 0.15) is 43.5 Å². The zero-order chi connectivity index (χ0) is 17.7. The van der Waals surface area contributed by atoms with Gasteiger partial charge >= 0.3 is 0 Å². The molecule has 1 amide bonds. The van der Waals surface area contributed by atoms with Crippen LogP contribution in [0.5, 0.6) is 0 Å². The number of hydrogen-bond acceptors (Lipinski definition) is 2. The zero-order valence-corrected chi connectivity index (χ0v) is 15.0. The van der Waals surface area contributed by atoms with Crippen molar-refractivity contribution in [2.24, 2.45) is 11.7 Å². The van der Waals surface area contributed by atoms with E-state index in [2.05, 4.69) is 50.4 Å². The molecule has 0 aliphatic heterocycles. The second-order valence-corrected chi connectivity index (χ2v) is 7.20. The fraction of sp³-hybridized carbons (Fsp3) is 0.381. The molecule has 2 unspecified atom stereocenters. The minimum Gasteiger partial charge on any atom is -0.355 e. The average molecular weight is 324 g/mol. The average Bonchev–Trinajstić information content (AvgIpc) is 2.59. The molecule has 0 radical (unpaired) electrons. The quantitative estimate of drug-likeness (QED) is 0.851. The highest BCUT2D eigenvalue weighted by molar-refractivity contribution is 5.79. The fourth-order valence-corrected chi connectivity index (χ4v) is 2.76. The number of rotatable bonds is 6. The van der Waals surface area contributed by atoms with Crippen LogP contribution in [0.25, 0.3) is 0 Å². The first-order valence-electron chi connectivity index (χ1n) is 8.46. The summed E-state index contributed by atoms with van der Waals surface area (Å²) in [5.74, 6) is -0.284. The lowest BCUT2D eigenvalue weighted by molar-refractivity contribution is -0.125. The van der Waals surface area contributed by atoms with Crippen LogP contribution in [0.3, 0.4) is 0 Å². The molecule has 3 N–H and O–H groups in total. The molecule has 2 aromatic carbocycles. The Morgan fingerprint density at radius 1 is 1.12 bits per heavy atom. The summed E-state index contributed by atoms with van der Waals surface area (Å²) in [6.45, 7) is 8.83. The van der Waals surface area contributed by atoms with Crippen molar-refractivity contribution in [2.45, 2.75) is 39.2 Å². The SMILES string of the molecule is Cc1cccc(C(C)(C)CNC(=O)C(C)C(N)c2ccccc2)c1. The monoisotopic (exact) mass is 324 g/mol. The van der Waals surface area contributed by atoms with Crippen molar-refractivity contribution in [3.8, 4) is 0 Å². The third-order valence-electron chi connectivity index (χ3n) is 4.64. The van der Waals surface area contributed by atoms with Gasteiger partial charge in [0.1, 0.15) is 0 Å². The smallest absolute Gasteiger partial charge is 0.224 e. The van der Waals surface area contributed by atoms with E-state index in [1.54, 1.807) is 0 Å². The van der Waals surface area contributed by atoms with Crippen LogP contribution in [-0.4, -0.2) is 12.5 Å². The van der Waals surface area contributed by atoms with Gasteiger partial charge in [-0.3, -0.25) is 4.79 Å². The van der Waals surface area contributed by atoms with Gasteiger partial charge in [0.25, 0.3) is 0 Å². The number of amides is 1. The molecule has 0 aliphatic rings. The van der Waals surface area contributed by atoms with E-state index in [1.807, 2.05) is 37.3 Å². The van der Waals surface area contributed by atoms with Crippen LogP contribution in [0.2, 0.25) is 0 Å². The number of hydrogen-bond donors (Lipinski definition) is 2. The third kappa shape index (κ3) is 4.45. The van der Waals surface area contributed by atoms with E-state index in [4.69, 9.17) is 5.73 Å². The molecular formula is C21H28N2O. The van der Waals surface area contributed by atoms with Gasteiger partial charge in [-0.25, -0.2) is 0 Å². The Morgan fingerprint density at radius 2 is 1.79 bits per heavy atom. The molecule has 0 aromatic heterocycles. The maximum atomic E-state index is 12.5. The molecule has 2 atom stereocenters. The first-order valence-corrected chi connectivity index (χ1v) is 8.46. The van der Waals surface area contributed by atoms with Gasteiger partial charge in [-0.15, -0.1) is 0 Å². The first kappa shape index (κ1) is 18.2. The van der Waals surface area contributed by atoms with E-state index in [0.29, 0.717) is 6.54 Å². The highest BCUT2D eigenvalue weighted by Gasteiger charge is 2.26. The highest BCUT2D eigenvalue weighted by atomic mass is 16.1. The standard InChI is InChI=1S/C21H28N2O/c1-15-9-8-12-18(13-15)21(3,4)14-23-20(24)16(2)19(22)17-10-6-5-7-11-17/h5-13,16,19H,14,22H2,1-4H3,(H,23,24). The van der Waals surface area contributed by atoms with Crippen molar-refractivity contribution in [2.75, 3.05) is 6.54 Å². The van der Waals surface area contributed by atoms with E-state index in [9.17, 15) is 4.79 Å². The van der Waals surface area contributed by atoms with Gasteiger partial charge < -0.3 is 11.1 Å². The largest absolute Gasteiger partial charge is 0.355 e. The molecule has 24 heavy (non-hydrogen) atoms. The number of benzene rings is 2. The maximum Gasteiger partial charge on any atom is 0.224 e. The van der Waals surface area contributed by atoms with Crippen molar-refractivity contribution < 1.29 is 4.79 Å². The Morgan fingerprint density at radius 3 is 2.42 bits per heavy atom. The predicted octanol–water partition coefficient (Wildman–Crippen LogP) is 3.72. The zero-order valence-electron chi connectivity index (χ0n) is 15.0. The molecule has 2 rings (SSSR count). The van der Waals surface area contributed by atoms with Crippen molar-refractivity contribution in [1.82, 2.24) is 5.32 Å². The van der Waals surface area contributed by atoms with Crippen molar-refractivity contribution in [1.29, 1.82) is 0 Å². The predicted molar refractivity (Wildman–Crippen MR) is 99.7 cm³/mol. The summed E-state index contributed by atoms with van der Waals surface area (Å²) >= 11 is 0. The normalized spacial score (nSPS) is 14.0. The highest BCUT2D eigenvalue weighted by Crippen LogP contribution is 2.24. The van der Waals surface area contributed by atoms with Crippen LogP contribution < -0.4 is 11.1 Å². The molecule has 0 saturated carbocycles. The Bertz CT molecular complexity index is 679. The lowest BCUT2D eigenvalue weighted by Crippen LogP contribution is -2.41. The van der Waals surface area contributed by atoms with E-state index in [-0.39, 0.29) is 23.3 Å². The Labute approximate surface area is 145 Å². The second kappa shape index (κ2) is 7.63. The van der Waals surface area contributed by atoms with Gasteiger partial charge in [0.2, 0.25) is 5.91 Å². The fourth-order valence-electron chi connectivity index (χ4n) is 2.76. The van der Waals surface area contributed by atoms with E-state index in [1.165, 1.54) is 11.1 Å². The summed E-state index contributed by atoms with van der Waals surface area (Å²) in [6.07, 6.45) is 0. The van der Waals surface area contributed by atoms with Crippen molar-refractivity contribution >= 4 is 5.91 Å². The van der Waals surface area contributed by atoms with Gasteiger partial charge in [-0.1, -0.05) is 80.9 Å². The van der Waals surface area contributed by atoms with Crippen LogP contribution in [0, 0.1) is 12.8 Å². The minimum atomic E-state index is -0.298. The van der Waals surface area contributed by atoms with Crippen LogP contribution in [0.4, 0.5) is 0 Å². The van der Waals surface area contributed by atoms with Crippen molar-refractivity contribution in [3.63, 3.8) is 0 Å². The van der Waals surface area contributed by atoms with Gasteiger partial charge in [0.05, 0.1) is 5.92 Å². The van der Waals surface area contributed by atoms with E-state index < -0.39 is 0 Å². The molecule has 2 aromatic rings. The van der Waals surface area contributed by atoms with Gasteiger partial charge in [0, 0.05) is 18.0 Å². The van der Waals surface area contributed by atoms with Gasteiger partial charge in [-0.2, -0.15) is 0 Å². The number of nitrogens with two attached hydrogens (primary N) is 1. The molecule has 0 spiro atoms. The van der Waals surface area contributed by atoms with Crippen LogP contribution >= 0.6 is 0 Å². The summed E-state index contributed by atoms with van der Waals surface area (Å²) in [5, 5.41) is 3.07. The summed E-state index contributed by atoms with van der Waals surface area (Å²) < 4.78 is 0. The molecule has 0 saturated heterocycles. The minimum absolute atomic E-state index is 0.00733. The molecule has 3 nitrogen and oxygen atoms in total. The molecule has 128 valence electrons. The molecule has 0 aliphatic carbocycles.